The first kappa shape index (κ1) is 22.4. The lowest BCUT2D eigenvalue weighted by Gasteiger charge is -2.43. The first-order chi connectivity index (χ1) is 14.3. The van der Waals surface area contributed by atoms with Crippen LogP contribution in [0.2, 0.25) is 0 Å². The molecule has 12 heteroatoms. The molecule has 1 amide bonds. The van der Waals surface area contributed by atoms with Gasteiger partial charge in [-0.15, -0.1) is 0 Å². The molecule has 0 saturated carbocycles. The van der Waals surface area contributed by atoms with Crippen molar-refractivity contribution in [2.45, 2.75) is 42.8 Å². The number of hydrogen-bond donors (Lipinski definition) is 0. The molecule has 1 aromatic rings. The second-order valence-electron chi connectivity index (χ2n) is 6.90. The van der Waals surface area contributed by atoms with Gasteiger partial charge in [0.2, 0.25) is 16.0 Å². The Morgan fingerprint density at radius 3 is 2.63 bits per heavy atom. The summed E-state index contributed by atoms with van der Waals surface area (Å²) in [6.07, 6.45) is 1.20. The Labute approximate surface area is 173 Å². The van der Waals surface area contributed by atoms with Crippen molar-refractivity contribution >= 4 is 22.1 Å². The predicted molar refractivity (Wildman–Crippen MR) is 100 cm³/mol. The molecule has 0 aliphatic carbocycles. The van der Waals surface area contributed by atoms with Gasteiger partial charge in [0, 0.05) is 19.7 Å². The minimum Gasteiger partial charge on any atom is -0.465 e. The van der Waals surface area contributed by atoms with Crippen molar-refractivity contribution in [1.82, 2.24) is 14.2 Å². The van der Waals surface area contributed by atoms with Crippen LogP contribution in [0.25, 0.3) is 0 Å². The van der Waals surface area contributed by atoms with Gasteiger partial charge in [0.25, 0.3) is 0 Å². The molecule has 0 aromatic carbocycles. The molecule has 30 heavy (non-hydrogen) atoms. The zero-order valence-corrected chi connectivity index (χ0v) is 17.5. The molecule has 1 aromatic heterocycles. The smallest absolute Gasteiger partial charge is 0.410 e. The zero-order valence-electron chi connectivity index (χ0n) is 16.7. The number of ether oxygens (including phenoxy) is 3. The number of carbonyl (C=O) groups excluding carboxylic acids is 2. The van der Waals surface area contributed by atoms with Crippen LogP contribution in [0.3, 0.4) is 0 Å². The fourth-order valence-electron chi connectivity index (χ4n) is 3.89. The summed E-state index contributed by atoms with van der Waals surface area (Å²) in [7, 11) is -2.71. The van der Waals surface area contributed by atoms with E-state index >= 15 is 0 Å². The van der Waals surface area contributed by atoms with Gasteiger partial charge in [-0.1, -0.05) is 0 Å². The maximum atomic E-state index is 13.2. The van der Waals surface area contributed by atoms with Crippen molar-refractivity contribution in [2.24, 2.45) is 0 Å². The van der Waals surface area contributed by atoms with E-state index in [1.165, 1.54) is 12.0 Å². The number of aromatic nitrogens is 1. The summed E-state index contributed by atoms with van der Waals surface area (Å²) in [5.74, 6) is -1.57. The van der Waals surface area contributed by atoms with E-state index in [4.69, 9.17) is 14.2 Å². The summed E-state index contributed by atoms with van der Waals surface area (Å²) in [5, 5.41) is 0. The lowest BCUT2D eigenvalue weighted by Crippen LogP contribution is -2.65. The van der Waals surface area contributed by atoms with E-state index in [1.54, 1.807) is 6.92 Å². The van der Waals surface area contributed by atoms with Gasteiger partial charge < -0.3 is 14.2 Å². The summed E-state index contributed by atoms with van der Waals surface area (Å²) < 4.78 is 55.8. The van der Waals surface area contributed by atoms with E-state index in [1.807, 2.05) is 0 Å². The average molecular weight is 445 g/mol. The van der Waals surface area contributed by atoms with Crippen molar-refractivity contribution in [3.63, 3.8) is 0 Å². The molecule has 0 radical (unpaired) electrons. The Bertz CT molecular complexity index is 880. The summed E-state index contributed by atoms with van der Waals surface area (Å²) in [5.41, 5.74) is 0. The third kappa shape index (κ3) is 4.25. The van der Waals surface area contributed by atoms with Crippen molar-refractivity contribution in [3.05, 3.63) is 24.3 Å². The van der Waals surface area contributed by atoms with E-state index in [9.17, 15) is 22.4 Å². The van der Waals surface area contributed by atoms with Crippen LogP contribution >= 0.6 is 0 Å². The Hall–Kier alpha value is -2.31. The van der Waals surface area contributed by atoms with Gasteiger partial charge in [0.05, 0.1) is 25.5 Å². The van der Waals surface area contributed by atoms with Crippen LogP contribution in [0, 0.1) is 5.95 Å². The second kappa shape index (κ2) is 9.23. The number of amides is 1. The molecule has 0 N–H and O–H groups in total. The van der Waals surface area contributed by atoms with E-state index < -0.39 is 46.2 Å². The molecule has 0 unspecified atom stereocenters. The lowest BCUT2D eigenvalue weighted by molar-refractivity contribution is -0.151. The number of carbonyl (C=O) groups is 2. The maximum absolute atomic E-state index is 13.2. The summed E-state index contributed by atoms with van der Waals surface area (Å²) in [6.45, 7) is 1.80. The first-order valence-corrected chi connectivity index (χ1v) is 11.0. The highest BCUT2D eigenvalue weighted by atomic mass is 32.2. The molecular formula is C18H24FN3O7S. The fraction of sp³-hybridized carbons (Fsp3) is 0.611. The number of piperazine rings is 1. The normalized spacial score (nSPS) is 24.0. The van der Waals surface area contributed by atoms with Crippen LogP contribution in [-0.2, 0) is 29.0 Å². The monoisotopic (exact) mass is 445 g/mol. The highest BCUT2D eigenvalue weighted by molar-refractivity contribution is 7.89. The molecule has 2 fully saturated rings. The number of esters is 1. The largest absolute Gasteiger partial charge is 0.465 e. The van der Waals surface area contributed by atoms with Crippen molar-refractivity contribution in [1.29, 1.82) is 0 Å². The highest BCUT2D eigenvalue weighted by Gasteiger charge is 2.55. The van der Waals surface area contributed by atoms with Gasteiger partial charge >= 0.3 is 12.1 Å². The predicted octanol–water partition coefficient (Wildman–Crippen LogP) is 0.773. The number of nitrogens with zero attached hydrogens (tertiary/aromatic N) is 3. The molecule has 3 heterocycles. The van der Waals surface area contributed by atoms with E-state index in [0.717, 1.165) is 22.6 Å². The Balaban J connectivity index is 1.93. The standard InChI is InChI=1S/C18H24FN3O7S/c1-3-28-17(23)16-14-6-4-12(22(14)18(24)29-9-8-27-2)11-21(16)30(25,26)13-5-7-15(19)20-10-13/h5,7,10,12,14,16H,3-4,6,8-9,11H2,1-2H3/t12-,14+,16+/m1/s1. The van der Waals surface area contributed by atoms with E-state index in [-0.39, 0.29) is 31.3 Å². The third-order valence-electron chi connectivity index (χ3n) is 5.17. The molecule has 2 aliphatic rings. The molecular weight excluding hydrogens is 421 g/mol. The molecule has 166 valence electrons. The minimum absolute atomic E-state index is 0.0403. The second-order valence-corrected chi connectivity index (χ2v) is 8.79. The Morgan fingerprint density at radius 2 is 2.00 bits per heavy atom. The average Bonchev–Trinajstić information content (AvgIpc) is 3.01. The van der Waals surface area contributed by atoms with Crippen LogP contribution in [0.5, 0.6) is 0 Å². The quantitative estimate of drug-likeness (QED) is 0.343. The molecule has 2 saturated heterocycles. The molecule has 3 atom stereocenters. The van der Waals surface area contributed by atoms with E-state index in [2.05, 4.69) is 4.98 Å². The van der Waals surface area contributed by atoms with Crippen molar-refractivity contribution in [3.8, 4) is 0 Å². The van der Waals surface area contributed by atoms with Gasteiger partial charge in [-0.25, -0.2) is 18.2 Å². The van der Waals surface area contributed by atoms with Gasteiger partial charge in [-0.2, -0.15) is 8.70 Å². The van der Waals surface area contributed by atoms with E-state index in [0.29, 0.717) is 12.8 Å². The van der Waals surface area contributed by atoms with Gasteiger partial charge in [0.15, 0.2) is 0 Å². The van der Waals surface area contributed by atoms with Crippen molar-refractivity contribution < 1.29 is 36.6 Å². The first-order valence-electron chi connectivity index (χ1n) is 9.55. The van der Waals surface area contributed by atoms with Crippen LogP contribution in [0.15, 0.2) is 23.2 Å². The zero-order chi connectivity index (χ0) is 21.9. The van der Waals surface area contributed by atoms with Crippen LogP contribution in [0.4, 0.5) is 9.18 Å². The molecule has 2 bridgehead atoms. The van der Waals surface area contributed by atoms with Crippen LogP contribution in [-0.4, -0.2) is 86.3 Å². The molecule has 0 spiro atoms. The summed E-state index contributed by atoms with van der Waals surface area (Å²) in [6, 6.07) is -0.411. The topological polar surface area (TPSA) is 115 Å². The minimum atomic E-state index is -4.18. The maximum Gasteiger partial charge on any atom is 0.410 e. The van der Waals surface area contributed by atoms with Gasteiger partial charge in [0.1, 0.15) is 17.5 Å². The number of halogens is 1. The number of hydrogen-bond acceptors (Lipinski definition) is 8. The SMILES string of the molecule is CCOC(=O)[C@@H]1[C@@H]2CC[C@H](CN1S(=O)(=O)c1ccc(F)nc1)N2C(=O)OCCOC. The Morgan fingerprint density at radius 1 is 1.23 bits per heavy atom. The lowest BCUT2D eigenvalue weighted by atomic mass is 10.1. The number of fused-ring (bicyclic) bond motifs is 2. The number of rotatable bonds is 7. The van der Waals surface area contributed by atoms with Gasteiger partial charge in [-0.05, 0) is 31.9 Å². The molecule has 2 aliphatic heterocycles. The number of sulfonamides is 1. The van der Waals surface area contributed by atoms with Gasteiger partial charge in [-0.3, -0.25) is 9.69 Å². The molecule has 3 rings (SSSR count). The fourth-order valence-corrected chi connectivity index (χ4v) is 5.48. The van der Waals surface area contributed by atoms with Crippen LogP contribution < -0.4 is 0 Å². The third-order valence-corrected chi connectivity index (χ3v) is 7.00. The van der Waals surface area contributed by atoms with Crippen LogP contribution in [0.1, 0.15) is 19.8 Å². The number of methoxy groups -OCH3 is 1. The summed E-state index contributed by atoms with van der Waals surface area (Å²) >= 11 is 0. The Kier molecular flexibility index (Phi) is 6.88. The molecule has 10 nitrogen and oxygen atoms in total. The van der Waals surface area contributed by atoms with Crippen molar-refractivity contribution in [2.75, 3.05) is 33.5 Å². The summed E-state index contributed by atoms with van der Waals surface area (Å²) in [4.78, 5) is 29.9. The highest BCUT2D eigenvalue weighted by Crippen LogP contribution is 2.38. The number of pyridine rings is 1.